The van der Waals surface area contributed by atoms with Crippen molar-refractivity contribution in [2.24, 2.45) is 5.92 Å². The van der Waals surface area contributed by atoms with Crippen LogP contribution in [0.5, 0.6) is 0 Å². The van der Waals surface area contributed by atoms with E-state index in [4.69, 9.17) is 9.15 Å². The Hall–Kier alpha value is -3.08. The van der Waals surface area contributed by atoms with Crippen LogP contribution in [0, 0.1) is 12.8 Å². The molecule has 2 aliphatic heterocycles. The van der Waals surface area contributed by atoms with Gasteiger partial charge < -0.3 is 14.1 Å². The van der Waals surface area contributed by atoms with Crippen molar-refractivity contribution in [2.45, 2.75) is 38.7 Å². The van der Waals surface area contributed by atoms with Crippen LogP contribution in [-0.2, 0) is 9.53 Å². The molecule has 0 aliphatic carbocycles. The topological polar surface area (TPSA) is 59.8 Å². The number of hydrogen-bond donors (Lipinski definition) is 0. The van der Waals surface area contributed by atoms with Gasteiger partial charge in [0.1, 0.15) is 11.2 Å². The summed E-state index contributed by atoms with van der Waals surface area (Å²) in [4.78, 5) is 28.0. The highest BCUT2D eigenvalue weighted by Gasteiger charge is 2.51. The molecule has 0 bridgehead atoms. The van der Waals surface area contributed by atoms with Gasteiger partial charge in [-0.3, -0.25) is 9.59 Å². The SMILES string of the molecule is Cc1ccc2oc3c(c(=O)c2c1)[C@H]1CC(=O)OC(C)(C)[C@H]1CN3c1ccccc1. The van der Waals surface area contributed by atoms with Gasteiger partial charge in [-0.1, -0.05) is 29.8 Å². The van der Waals surface area contributed by atoms with Gasteiger partial charge in [-0.05, 0) is 45.0 Å². The summed E-state index contributed by atoms with van der Waals surface area (Å²) in [5, 5.41) is 0.564. The number of para-hydroxylation sites is 1. The van der Waals surface area contributed by atoms with Gasteiger partial charge in [0.2, 0.25) is 5.88 Å². The van der Waals surface area contributed by atoms with E-state index in [1.807, 2.05) is 69.3 Å². The van der Waals surface area contributed by atoms with E-state index in [1.165, 1.54) is 0 Å². The summed E-state index contributed by atoms with van der Waals surface area (Å²) in [7, 11) is 0. The fraction of sp³-hybridized carbons (Fsp3) is 0.333. The zero-order valence-corrected chi connectivity index (χ0v) is 16.8. The number of carbonyl (C=O) groups excluding carboxylic acids is 1. The predicted molar refractivity (Wildman–Crippen MR) is 112 cm³/mol. The first-order chi connectivity index (χ1) is 13.8. The Morgan fingerprint density at radius 2 is 1.83 bits per heavy atom. The number of fused-ring (bicyclic) bond motifs is 4. The highest BCUT2D eigenvalue weighted by atomic mass is 16.6. The lowest BCUT2D eigenvalue weighted by Gasteiger charge is -2.48. The zero-order valence-electron chi connectivity index (χ0n) is 16.8. The van der Waals surface area contributed by atoms with E-state index in [0.29, 0.717) is 29.0 Å². The summed E-state index contributed by atoms with van der Waals surface area (Å²) < 4.78 is 12.0. The van der Waals surface area contributed by atoms with Gasteiger partial charge in [0.05, 0.1) is 17.4 Å². The Balaban J connectivity index is 1.82. The lowest BCUT2D eigenvalue weighted by Crippen LogP contribution is -2.53. The van der Waals surface area contributed by atoms with Gasteiger partial charge in [-0.25, -0.2) is 0 Å². The Morgan fingerprint density at radius 1 is 1.07 bits per heavy atom. The molecule has 0 amide bonds. The second kappa shape index (κ2) is 6.21. The maximum atomic E-state index is 13.6. The summed E-state index contributed by atoms with van der Waals surface area (Å²) in [6, 6.07) is 15.6. The van der Waals surface area contributed by atoms with E-state index < -0.39 is 5.60 Å². The normalized spacial score (nSPS) is 22.7. The van der Waals surface area contributed by atoms with Crippen LogP contribution in [0.2, 0.25) is 0 Å². The van der Waals surface area contributed by atoms with Crippen LogP contribution in [0.3, 0.4) is 0 Å². The lowest BCUT2D eigenvalue weighted by molar-refractivity contribution is -0.172. The molecule has 29 heavy (non-hydrogen) atoms. The first-order valence-electron chi connectivity index (χ1n) is 9.97. The van der Waals surface area contributed by atoms with E-state index in [-0.39, 0.29) is 29.7 Å². The van der Waals surface area contributed by atoms with Crippen LogP contribution in [0.25, 0.3) is 11.0 Å². The van der Waals surface area contributed by atoms with Gasteiger partial charge in [0, 0.05) is 24.1 Å². The molecule has 1 fully saturated rings. The standard InChI is InChI=1S/C24H23NO4/c1-14-9-10-19-17(11-14)22(27)21-16-12-20(26)29-24(2,3)18(16)13-25(23(21)28-19)15-7-5-4-6-8-15/h4-11,16,18H,12-13H2,1-3H3/t16-,18-/m0/s1. The molecule has 5 nitrogen and oxygen atoms in total. The van der Waals surface area contributed by atoms with Gasteiger partial charge in [0.15, 0.2) is 5.43 Å². The highest BCUT2D eigenvalue weighted by Crippen LogP contribution is 2.50. The average Bonchev–Trinajstić information content (AvgIpc) is 2.68. The summed E-state index contributed by atoms with van der Waals surface area (Å²) in [6.45, 7) is 6.44. The summed E-state index contributed by atoms with van der Waals surface area (Å²) in [5.74, 6) is 0.0452. The average molecular weight is 389 g/mol. The number of hydrogen-bond acceptors (Lipinski definition) is 5. The van der Waals surface area contributed by atoms with Crippen LogP contribution >= 0.6 is 0 Å². The van der Waals surface area contributed by atoms with Gasteiger partial charge in [0.25, 0.3) is 0 Å². The molecule has 2 aliphatic rings. The molecule has 0 radical (unpaired) electrons. The number of esters is 1. The molecule has 5 rings (SSSR count). The van der Waals surface area contributed by atoms with Crippen LogP contribution in [0.4, 0.5) is 11.6 Å². The number of cyclic esters (lactones) is 1. The minimum Gasteiger partial charge on any atom is -0.459 e. The maximum Gasteiger partial charge on any atom is 0.306 e. The van der Waals surface area contributed by atoms with Crippen molar-refractivity contribution in [2.75, 3.05) is 11.4 Å². The van der Waals surface area contributed by atoms with Gasteiger partial charge >= 0.3 is 5.97 Å². The van der Waals surface area contributed by atoms with Crippen LogP contribution in [0.15, 0.2) is 57.7 Å². The van der Waals surface area contributed by atoms with Gasteiger partial charge in [-0.15, -0.1) is 0 Å². The minimum absolute atomic E-state index is 0.0157. The minimum atomic E-state index is -0.668. The van der Waals surface area contributed by atoms with Crippen molar-refractivity contribution in [1.82, 2.24) is 0 Å². The van der Waals surface area contributed by atoms with E-state index in [0.717, 1.165) is 11.3 Å². The first-order valence-corrected chi connectivity index (χ1v) is 9.97. The third-order valence-electron chi connectivity index (χ3n) is 6.27. The summed E-state index contributed by atoms with van der Waals surface area (Å²) in [5.41, 5.74) is 2.39. The van der Waals surface area contributed by atoms with Crippen molar-refractivity contribution >= 4 is 28.5 Å². The lowest BCUT2D eigenvalue weighted by atomic mass is 9.70. The van der Waals surface area contributed by atoms with Crippen molar-refractivity contribution < 1.29 is 13.9 Å². The number of aryl methyl sites for hydroxylation is 1. The monoisotopic (exact) mass is 389 g/mol. The number of anilines is 2. The maximum absolute atomic E-state index is 13.6. The van der Waals surface area contributed by atoms with Crippen LogP contribution < -0.4 is 10.3 Å². The summed E-state index contributed by atoms with van der Waals surface area (Å²) >= 11 is 0. The van der Waals surface area contributed by atoms with Crippen molar-refractivity contribution in [1.29, 1.82) is 0 Å². The molecule has 0 spiro atoms. The second-order valence-corrected chi connectivity index (χ2v) is 8.59. The van der Waals surface area contributed by atoms with E-state index in [9.17, 15) is 9.59 Å². The molecular formula is C24H23NO4. The van der Waals surface area contributed by atoms with E-state index in [1.54, 1.807) is 0 Å². The smallest absolute Gasteiger partial charge is 0.306 e. The Labute approximate surface area is 168 Å². The predicted octanol–water partition coefficient (Wildman–Crippen LogP) is 4.68. The Kier molecular flexibility index (Phi) is 3.85. The molecule has 1 aromatic heterocycles. The molecule has 5 heteroatoms. The quantitative estimate of drug-likeness (QED) is 0.566. The van der Waals surface area contributed by atoms with Crippen molar-refractivity contribution in [3.63, 3.8) is 0 Å². The van der Waals surface area contributed by atoms with Gasteiger partial charge in [-0.2, -0.15) is 0 Å². The number of carbonyl (C=O) groups is 1. The van der Waals surface area contributed by atoms with Crippen molar-refractivity contribution in [3.8, 4) is 0 Å². The first kappa shape index (κ1) is 18.0. The molecule has 148 valence electrons. The van der Waals surface area contributed by atoms with Crippen LogP contribution in [-0.4, -0.2) is 18.1 Å². The molecule has 0 N–H and O–H groups in total. The van der Waals surface area contributed by atoms with E-state index in [2.05, 4.69) is 4.90 Å². The molecule has 0 saturated carbocycles. The molecule has 0 unspecified atom stereocenters. The molecule has 1 saturated heterocycles. The second-order valence-electron chi connectivity index (χ2n) is 8.59. The molecule has 3 heterocycles. The third-order valence-corrected chi connectivity index (χ3v) is 6.27. The van der Waals surface area contributed by atoms with Crippen molar-refractivity contribution in [3.05, 3.63) is 69.9 Å². The highest BCUT2D eigenvalue weighted by molar-refractivity contribution is 5.83. The van der Waals surface area contributed by atoms with E-state index >= 15 is 0 Å². The third kappa shape index (κ3) is 2.76. The molecule has 3 aromatic rings. The number of ether oxygens (including phenoxy) is 1. The fourth-order valence-corrected chi connectivity index (χ4v) is 4.82. The number of rotatable bonds is 1. The largest absolute Gasteiger partial charge is 0.459 e. The molecular weight excluding hydrogens is 366 g/mol. The fourth-order valence-electron chi connectivity index (χ4n) is 4.82. The molecule has 2 aromatic carbocycles. The number of nitrogens with zero attached hydrogens (tertiary/aromatic N) is 1. The summed E-state index contributed by atoms with van der Waals surface area (Å²) in [6.07, 6.45) is 0.200. The zero-order chi connectivity index (χ0) is 20.3. The Bertz CT molecular complexity index is 1180. The molecule has 2 atom stereocenters. The van der Waals surface area contributed by atoms with Crippen LogP contribution in [0.1, 0.15) is 37.3 Å². The number of benzene rings is 2. The Morgan fingerprint density at radius 3 is 2.59 bits per heavy atom.